The molecule has 0 aliphatic heterocycles. The number of hydrogen-bond acceptors (Lipinski definition) is 4. The molecule has 0 saturated heterocycles. The van der Waals surface area contributed by atoms with E-state index < -0.39 is 15.3 Å². The summed E-state index contributed by atoms with van der Waals surface area (Å²) in [7, 11) is -3.22. The van der Waals surface area contributed by atoms with Crippen LogP contribution in [-0.2, 0) is 21.2 Å². The number of carbonyl (C=O) groups excluding carboxylic acids is 1. The molecular weight excluding hydrogens is 491 g/mol. The molecule has 0 fully saturated rings. The number of benzene rings is 1. The van der Waals surface area contributed by atoms with Gasteiger partial charge in [0.25, 0.3) is 0 Å². The smallest absolute Gasteiger partial charge is 0.225 e. The molecule has 0 aliphatic rings. The monoisotopic (exact) mass is 524 g/mol. The Bertz CT molecular complexity index is 787. The fraction of sp³-hybridized carbons (Fsp3) is 0.579. The molecule has 0 aromatic heterocycles. The van der Waals surface area contributed by atoms with Crippen LogP contribution >= 0.6 is 24.0 Å². The maximum absolute atomic E-state index is 11.8. The molecule has 1 aromatic carbocycles. The van der Waals surface area contributed by atoms with Gasteiger partial charge in [-0.2, -0.15) is 0 Å². The summed E-state index contributed by atoms with van der Waals surface area (Å²) in [5.41, 5.74) is 1.24. The Hall–Kier alpha value is -1.36. The SMILES string of the molecule is CCNC(=NCc1ccc(S(C)(=O)=O)c(C)c1)NCCNC(=O)C(C)(C)C.I. The van der Waals surface area contributed by atoms with Crippen LogP contribution in [0.5, 0.6) is 0 Å². The average molecular weight is 524 g/mol. The Kier molecular flexibility index (Phi) is 11.0. The first-order chi connectivity index (χ1) is 12.4. The van der Waals surface area contributed by atoms with Crippen molar-refractivity contribution in [2.75, 3.05) is 25.9 Å². The van der Waals surface area contributed by atoms with E-state index in [0.717, 1.165) is 5.56 Å². The number of rotatable bonds is 7. The fourth-order valence-electron chi connectivity index (χ4n) is 2.36. The van der Waals surface area contributed by atoms with E-state index in [4.69, 9.17) is 0 Å². The van der Waals surface area contributed by atoms with Gasteiger partial charge in [-0.3, -0.25) is 4.79 Å². The van der Waals surface area contributed by atoms with Gasteiger partial charge in [-0.25, -0.2) is 13.4 Å². The van der Waals surface area contributed by atoms with Crippen molar-refractivity contribution in [2.45, 2.75) is 46.1 Å². The molecule has 0 aliphatic carbocycles. The molecule has 0 atom stereocenters. The van der Waals surface area contributed by atoms with Crippen LogP contribution in [0.2, 0.25) is 0 Å². The topological polar surface area (TPSA) is 99.7 Å². The van der Waals surface area contributed by atoms with E-state index in [-0.39, 0.29) is 29.9 Å². The summed E-state index contributed by atoms with van der Waals surface area (Å²) in [6, 6.07) is 5.24. The van der Waals surface area contributed by atoms with Crippen LogP contribution in [0.4, 0.5) is 0 Å². The van der Waals surface area contributed by atoms with Gasteiger partial charge < -0.3 is 16.0 Å². The van der Waals surface area contributed by atoms with Crippen molar-refractivity contribution in [1.82, 2.24) is 16.0 Å². The minimum absolute atomic E-state index is 0. The van der Waals surface area contributed by atoms with Gasteiger partial charge in [-0.05, 0) is 31.0 Å². The number of hydrogen-bond donors (Lipinski definition) is 3. The molecule has 28 heavy (non-hydrogen) atoms. The molecule has 1 aromatic rings. The molecule has 0 bridgehead atoms. The number of halogens is 1. The predicted octanol–water partition coefficient (Wildman–Crippen LogP) is 2.23. The predicted molar refractivity (Wildman–Crippen MR) is 125 cm³/mol. The summed E-state index contributed by atoms with van der Waals surface area (Å²) in [5, 5.41) is 9.21. The van der Waals surface area contributed by atoms with E-state index in [1.165, 1.54) is 6.26 Å². The second-order valence-corrected chi connectivity index (χ2v) is 9.48. The van der Waals surface area contributed by atoms with E-state index in [9.17, 15) is 13.2 Å². The molecule has 1 rings (SSSR count). The Morgan fingerprint density at radius 1 is 1.11 bits per heavy atom. The van der Waals surface area contributed by atoms with Gasteiger partial charge in [0.2, 0.25) is 5.91 Å². The van der Waals surface area contributed by atoms with Gasteiger partial charge in [0.05, 0.1) is 11.4 Å². The lowest BCUT2D eigenvalue weighted by atomic mass is 9.96. The van der Waals surface area contributed by atoms with Crippen molar-refractivity contribution in [3.8, 4) is 0 Å². The summed E-state index contributed by atoms with van der Waals surface area (Å²) >= 11 is 0. The van der Waals surface area contributed by atoms with Crippen LogP contribution in [0.25, 0.3) is 0 Å². The molecule has 0 spiro atoms. The molecule has 0 unspecified atom stereocenters. The highest BCUT2D eigenvalue weighted by Gasteiger charge is 2.20. The van der Waals surface area contributed by atoms with Gasteiger partial charge in [0.15, 0.2) is 15.8 Å². The highest BCUT2D eigenvalue weighted by atomic mass is 127. The van der Waals surface area contributed by atoms with Crippen molar-refractivity contribution in [2.24, 2.45) is 10.4 Å². The van der Waals surface area contributed by atoms with Gasteiger partial charge >= 0.3 is 0 Å². The van der Waals surface area contributed by atoms with Crippen molar-refractivity contribution < 1.29 is 13.2 Å². The zero-order valence-corrected chi connectivity index (χ0v) is 20.7. The lowest BCUT2D eigenvalue weighted by molar-refractivity contribution is -0.128. The van der Waals surface area contributed by atoms with Crippen molar-refractivity contribution in [3.63, 3.8) is 0 Å². The first-order valence-electron chi connectivity index (χ1n) is 9.05. The first kappa shape index (κ1) is 26.6. The fourth-order valence-corrected chi connectivity index (χ4v) is 3.32. The highest BCUT2D eigenvalue weighted by molar-refractivity contribution is 14.0. The molecule has 0 saturated carbocycles. The van der Waals surface area contributed by atoms with E-state index in [1.54, 1.807) is 19.1 Å². The quantitative estimate of drug-likeness (QED) is 0.220. The highest BCUT2D eigenvalue weighted by Crippen LogP contribution is 2.17. The Morgan fingerprint density at radius 2 is 1.71 bits per heavy atom. The van der Waals surface area contributed by atoms with Crippen LogP contribution in [0.3, 0.4) is 0 Å². The van der Waals surface area contributed by atoms with Crippen molar-refractivity contribution in [3.05, 3.63) is 29.3 Å². The number of nitrogens with one attached hydrogen (secondary N) is 3. The number of aryl methyl sites for hydroxylation is 1. The van der Waals surface area contributed by atoms with E-state index in [2.05, 4.69) is 20.9 Å². The normalized spacial score (nSPS) is 12.1. The third-order valence-corrected chi connectivity index (χ3v) is 5.04. The van der Waals surface area contributed by atoms with Crippen LogP contribution in [0.1, 0.15) is 38.8 Å². The molecule has 1 amide bonds. The first-order valence-corrected chi connectivity index (χ1v) is 10.9. The van der Waals surface area contributed by atoms with Crippen LogP contribution in [0.15, 0.2) is 28.1 Å². The number of aliphatic imine (C=N–C) groups is 1. The molecule has 7 nitrogen and oxygen atoms in total. The summed E-state index contributed by atoms with van der Waals surface area (Å²) in [6.07, 6.45) is 1.21. The molecule has 3 N–H and O–H groups in total. The standard InChI is InChI=1S/C19H32N4O3S.HI/c1-7-20-18(22-11-10-21-17(24)19(3,4)5)23-13-15-8-9-16(14(2)12-15)27(6,25)26;/h8-9,12H,7,10-11,13H2,1-6H3,(H,21,24)(H2,20,22,23);1H. The summed E-state index contributed by atoms with van der Waals surface area (Å²) in [6.45, 7) is 11.6. The van der Waals surface area contributed by atoms with Gasteiger partial charge in [-0.1, -0.05) is 32.9 Å². The van der Waals surface area contributed by atoms with E-state index in [0.29, 0.717) is 42.6 Å². The number of guanidine groups is 1. The molecule has 0 radical (unpaired) electrons. The maximum Gasteiger partial charge on any atom is 0.225 e. The second-order valence-electron chi connectivity index (χ2n) is 7.50. The number of nitrogens with zero attached hydrogens (tertiary/aromatic N) is 1. The third-order valence-electron chi connectivity index (χ3n) is 3.79. The maximum atomic E-state index is 11.8. The number of sulfone groups is 1. The number of carbonyl (C=O) groups is 1. The van der Waals surface area contributed by atoms with Gasteiger partial charge in [0.1, 0.15) is 0 Å². The molecule has 9 heteroatoms. The minimum Gasteiger partial charge on any atom is -0.357 e. The van der Waals surface area contributed by atoms with Crippen molar-refractivity contribution in [1.29, 1.82) is 0 Å². The van der Waals surface area contributed by atoms with Gasteiger partial charge in [0, 0.05) is 31.3 Å². The number of amides is 1. The van der Waals surface area contributed by atoms with Crippen LogP contribution in [0, 0.1) is 12.3 Å². The lowest BCUT2D eigenvalue weighted by Gasteiger charge is -2.18. The van der Waals surface area contributed by atoms with E-state index in [1.807, 2.05) is 33.8 Å². The Morgan fingerprint density at radius 3 is 2.21 bits per heavy atom. The van der Waals surface area contributed by atoms with Crippen LogP contribution in [-0.4, -0.2) is 46.2 Å². The largest absolute Gasteiger partial charge is 0.357 e. The van der Waals surface area contributed by atoms with E-state index >= 15 is 0 Å². The molecule has 0 heterocycles. The molecular formula is C19H33IN4O3S. The third kappa shape index (κ3) is 9.22. The summed E-state index contributed by atoms with van der Waals surface area (Å²) in [5.74, 6) is 0.653. The summed E-state index contributed by atoms with van der Waals surface area (Å²) < 4.78 is 23.4. The summed E-state index contributed by atoms with van der Waals surface area (Å²) in [4.78, 5) is 16.7. The zero-order valence-electron chi connectivity index (χ0n) is 17.5. The zero-order chi connectivity index (χ0) is 20.7. The Labute approximate surface area is 186 Å². The van der Waals surface area contributed by atoms with Crippen LogP contribution < -0.4 is 16.0 Å². The second kappa shape index (κ2) is 11.6. The molecule has 160 valence electrons. The average Bonchev–Trinajstić information content (AvgIpc) is 2.54. The minimum atomic E-state index is -3.22. The van der Waals surface area contributed by atoms with Crippen molar-refractivity contribution >= 4 is 45.7 Å². The lowest BCUT2D eigenvalue weighted by Crippen LogP contribution is -2.43. The Balaban J connectivity index is 0.00000729. The van der Waals surface area contributed by atoms with Gasteiger partial charge in [-0.15, -0.1) is 24.0 Å².